The summed E-state index contributed by atoms with van der Waals surface area (Å²) >= 11 is 0. The van der Waals surface area contributed by atoms with Crippen LogP contribution < -0.4 is 5.32 Å². The van der Waals surface area contributed by atoms with Crippen LogP contribution in [-0.4, -0.2) is 11.0 Å². The molecule has 0 radical (unpaired) electrons. The minimum atomic E-state index is -4.39. The van der Waals surface area contributed by atoms with Crippen molar-refractivity contribution in [2.75, 3.05) is 5.32 Å². The molecular formula is C17H14F3NO2. The van der Waals surface area contributed by atoms with Crippen LogP contribution >= 0.6 is 0 Å². The van der Waals surface area contributed by atoms with E-state index < -0.39 is 11.7 Å². The molecule has 0 aliphatic heterocycles. The molecule has 1 aliphatic carbocycles. The van der Waals surface area contributed by atoms with Crippen LogP contribution in [0.2, 0.25) is 0 Å². The minimum Gasteiger partial charge on any atom is -0.508 e. The van der Waals surface area contributed by atoms with Gasteiger partial charge in [-0.05, 0) is 54.3 Å². The van der Waals surface area contributed by atoms with Gasteiger partial charge in [0, 0.05) is 11.6 Å². The first kappa shape index (κ1) is 15.4. The first-order valence-corrected chi connectivity index (χ1v) is 7.11. The molecule has 1 amide bonds. The third-order valence-corrected chi connectivity index (χ3v) is 3.93. The van der Waals surface area contributed by atoms with Crippen LogP contribution in [0.25, 0.3) is 0 Å². The number of rotatable bonds is 3. The maximum Gasteiger partial charge on any atom is 0.416 e. The first-order valence-electron chi connectivity index (χ1n) is 7.11. The largest absolute Gasteiger partial charge is 0.508 e. The average Bonchev–Trinajstić information content (AvgIpc) is 3.28. The molecule has 2 aromatic rings. The summed E-state index contributed by atoms with van der Waals surface area (Å²) in [6, 6.07) is 11.1. The molecule has 3 rings (SSSR count). The second-order valence-electron chi connectivity index (χ2n) is 5.60. The van der Waals surface area contributed by atoms with Crippen molar-refractivity contribution in [3.8, 4) is 5.75 Å². The molecule has 0 saturated heterocycles. The minimum absolute atomic E-state index is 0.0880. The van der Waals surface area contributed by atoms with E-state index >= 15 is 0 Å². The number of anilines is 1. The van der Waals surface area contributed by atoms with Gasteiger partial charge < -0.3 is 10.4 Å². The quantitative estimate of drug-likeness (QED) is 0.892. The highest BCUT2D eigenvalue weighted by atomic mass is 19.4. The molecule has 3 nitrogen and oxygen atoms in total. The number of nitrogens with one attached hydrogen (secondary N) is 1. The van der Waals surface area contributed by atoms with Crippen molar-refractivity contribution >= 4 is 11.6 Å². The Morgan fingerprint density at radius 2 is 1.65 bits per heavy atom. The van der Waals surface area contributed by atoms with Crippen molar-refractivity contribution in [3.63, 3.8) is 0 Å². The number of benzene rings is 2. The summed E-state index contributed by atoms with van der Waals surface area (Å²) in [4.78, 5) is 12.1. The summed E-state index contributed by atoms with van der Waals surface area (Å²) in [6.45, 7) is 0. The summed E-state index contributed by atoms with van der Waals surface area (Å²) in [5.74, 6) is -0.144. The fourth-order valence-electron chi connectivity index (χ4n) is 2.55. The van der Waals surface area contributed by atoms with Gasteiger partial charge in [-0.15, -0.1) is 0 Å². The van der Waals surface area contributed by atoms with E-state index in [1.54, 1.807) is 24.3 Å². The fourth-order valence-corrected chi connectivity index (χ4v) is 2.55. The Kier molecular flexibility index (Phi) is 3.75. The van der Waals surface area contributed by atoms with Crippen LogP contribution in [-0.2, 0) is 11.0 Å². The van der Waals surface area contributed by atoms with Crippen LogP contribution in [0.4, 0.5) is 18.9 Å². The van der Waals surface area contributed by atoms with Gasteiger partial charge in [0.25, 0.3) is 0 Å². The zero-order valence-electron chi connectivity index (χ0n) is 12.0. The Morgan fingerprint density at radius 1 is 1.04 bits per heavy atom. The molecule has 2 unspecified atom stereocenters. The van der Waals surface area contributed by atoms with Gasteiger partial charge in [0.05, 0.1) is 5.56 Å². The van der Waals surface area contributed by atoms with Crippen molar-refractivity contribution in [1.29, 1.82) is 0 Å². The number of halogens is 3. The van der Waals surface area contributed by atoms with E-state index in [-0.39, 0.29) is 23.5 Å². The number of hydrogen-bond donors (Lipinski definition) is 2. The summed E-state index contributed by atoms with van der Waals surface area (Å²) in [7, 11) is 0. The highest BCUT2D eigenvalue weighted by Crippen LogP contribution is 2.48. The lowest BCUT2D eigenvalue weighted by atomic mass is 10.1. The van der Waals surface area contributed by atoms with E-state index in [0.29, 0.717) is 12.1 Å². The zero-order valence-corrected chi connectivity index (χ0v) is 12.0. The van der Waals surface area contributed by atoms with Crippen LogP contribution in [0.5, 0.6) is 5.75 Å². The number of aromatic hydroxyl groups is 1. The Balaban J connectivity index is 1.61. The molecule has 0 heterocycles. The van der Waals surface area contributed by atoms with Crippen LogP contribution in [0, 0.1) is 5.92 Å². The molecule has 1 fully saturated rings. The van der Waals surface area contributed by atoms with Crippen molar-refractivity contribution < 1.29 is 23.1 Å². The molecule has 1 saturated carbocycles. The number of carbonyl (C=O) groups is 1. The fraction of sp³-hybridized carbons (Fsp3) is 0.235. The van der Waals surface area contributed by atoms with Gasteiger partial charge in [0.2, 0.25) is 5.91 Å². The lowest BCUT2D eigenvalue weighted by molar-refractivity contribution is -0.137. The molecule has 2 aromatic carbocycles. The Labute approximate surface area is 130 Å². The highest BCUT2D eigenvalue weighted by Gasteiger charge is 2.43. The van der Waals surface area contributed by atoms with Crippen LogP contribution in [0.15, 0.2) is 48.5 Å². The standard InChI is InChI=1S/C17H14F3NO2/c18-17(19,20)11-3-5-12(6-4-11)21-16(23)15-9-14(15)10-1-7-13(22)8-2-10/h1-8,14-15,22H,9H2,(H,21,23). The van der Waals surface area contributed by atoms with Crippen molar-refractivity contribution in [1.82, 2.24) is 0 Å². The summed E-state index contributed by atoms with van der Waals surface area (Å²) in [5, 5.41) is 11.9. The maximum absolute atomic E-state index is 12.5. The van der Waals surface area contributed by atoms with Crippen LogP contribution in [0.3, 0.4) is 0 Å². The van der Waals surface area contributed by atoms with E-state index in [9.17, 15) is 23.1 Å². The maximum atomic E-state index is 12.5. The Hall–Kier alpha value is -2.50. The lowest BCUT2D eigenvalue weighted by Gasteiger charge is -2.09. The van der Waals surface area contributed by atoms with Crippen LogP contribution in [0.1, 0.15) is 23.5 Å². The molecule has 2 N–H and O–H groups in total. The molecule has 1 aliphatic rings. The molecule has 120 valence electrons. The summed E-state index contributed by atoms with van der Waals surface area (Å²) in [6.07, 6.45) is -3.69. The number of phenols is 1. The molecule has 0 aromatic heterocycles. The Morgan fingerprint density at radius 3 is 2.22 bits per heavy atom. The van der Waals surface area contributed by atoms with Gasteiger partial charge in [-0.25, -0.2) is 0 Å². The second-order valence-corrected chi connectivity index (χ2v) is 5.60. The highest BCUT2D eigenvalue weighted by molar-refractivity contribution is 5.95. The third kappa shape index (κ3) is 3.47. The predicted octanol–water partition coefficient (Wildman–Crippen LogP) is 4.15. The van der Waals surface area contributed by atoms with Gasteiger partial charge in [0.1, 0.15) is 5.75 Å². The molecule has 23 heavy (non-hydrogen) atoms. The van der Waals surface area contributed by atoms with Crippen molar-refractivity contribution in [2.24, 2.45) is 5.92 Å². The van der Waals surface area contributed by atoms with E-state index in [1.165, 1.54) is 12.1 Å². The third-order valence-electron chi connectivity index (χ3n) is 3.93. The van der Waals surface area contributed by atoms with Crippen molar-refractivity contribution in [3.05, 3.63) is 59.7 Å². The summed E-state index contributed by atoms with van der Waals surface area (Å²) < 4.78 is 37.4. The van der Waals surface area contributed by atoms with Crippen molar-refractivity contribution in [2.45, 2.75) is 18.5 Å². The van der Waals surface area contributed by atoms with E-state index in [2.05, 4.69) is 5.32 Å². The van der Waals surface area contributed by atoms with E-state index in [4.69, 9.17) is 0 Å². The second kappa shape index (κ2) is 5.61. The number of carbonyl (C=O) groups excluding carboxylic acids is 1. The van der Waals surface area contributed by atoms with Gasteiger partial charge in [-0.1, -0.05) is 12.1 Å². The number of hydrogen-bond acceptors (Lipinski definition) is 2. The molecule has 0 spiro atoms. The SMILES string of the molecule is O=C(Nc1ccc(C(F)(F)F)cc1)C1CC1c1ccc(O)cc1. The Bertz CT molecular complexity index is 708. The van der Waals surface area contributed by atoms with E-state index in [0.717, 1.165) is 17.7 Å². The molecule has 6 heteroatoms. The topological polar surface area (TPSA) is 49.3 Å². The first-order chi connectivity index (χ1) is 10.8. The monoisotopic (exact) mass is 321 g/mol. The normalized spacial score (nSPS) is 20.1. The smallest absolute Gasteiger partial charge is 0.416 e. The number of alkyl halides is 3. The molecular weight excluding hydrogens is 307 g/mol. The lowest BCUT2D eigenvalue weighted by Crippen LogP contribution is -2.14. The van der Waals surface area contributed by atoms with Gasteiger partial charge >= 0.3 is 6.18 Å². The predicted molar refractivity (Wildman–Crippen MR) is 79.0 cm³/mol. The number of amides is 1. The zero-order chi connectivity index (χ0) is 16.6. The molecule has 2 atom stereocenters. The average molecular weight is 321 g/mol. The van der Waals surface area contributed by atoms with Gasteiger partial charge in [0.15, 0.2) is 0 Å². The van der Waals surface area contributed by atoms with Gasteiger partial charge in [-0.2, -0.15) is 13.2 Å². The summed E-state index contributed by atoms with van der Waals surface area (Å²) in [5.41, 5.74) is 0.568. The number of phenolic OH excluding ortho intramolecular Hbond substituents is 1. The van der Waals surface area contributed by atoms with E-state index in [1.807, 2.05) is 0 Å². The molecule has 0 bridgehead atoms. The van der Waals surface area contributed by atoms with Gasteiger partial charge in [-0.3, -0.25) is 4.79 Å².